The van der Waals surface area contributed by atoms with Gasteiger partial charge >= 0.3 is 0 Å². The molecule has 0 radical (unpaired) electrons. The van der Waals surface area contributed by atoms with Crippen molar-refractivity contribution in [2.75, 3.05) is 13.6 Å². The van der Waals surface area contributed by atoms with E-state index in [-0.39, 0.29) is 5.92 Å². The van der Waals surface area contributed by atoms with Crippen LogP contribution in [0.4, 0.5) is 0 Å². The minimum Gasteiger partial charge on any atom is -0.439 e. The first-order valence-corrected chi connectivity index (χ1v) is 12.6. The van der Waals surface area contributed by atoms with Crippen molar-refractivity contribution in [3.8, 4) is 11.6 Å². The number of nitrogens with zero attached hydrogens (tertiary/aromatic N) is 1. The smallest absolute Gasteiger partial charge is 0.223 e. The highest BCUT2D eigenvalue weighted by atomic mass is 79.9. The average Bonchev–Trinajstić information content (AvgIpc) is 2.87. The average molecular weight is 525 g/mol. The van der Waals surface area contributed by atoms with Crippen LogP contribution in [0.1, 0.15) is 29.0 Å². The second-order valence-electron chi connectivity index (χ2n) is 9.14. The van der Waals surface area contributed by atoms with Gasteiger partial charge in [-0.1, -0.05) is 70.5 Å². The van der Waals surface area contributed by atoms with Crippen LogP contribution in [0.5, 0.6) is 11.6 Å². The van der Waals surface area contributed by atoms with Crippen molar-refractivity contribution in [3.63, 3.8) is 0 Å². The van der Waals surface area contributed by atoms with Gasteiger partial charge in [0.2, 0.25) is 5.88 Å². The molecule has 0 aliphatic carbocycles. The van der Waals surface area contributed by atoms with Gasteiger partial charge in [0.25, 0.3) is 0 Å². The zero-order valence-corrected chi connectivity index (χ0v) is 20.9. The number of fused-ring (bicyclic) bond motifs is 6. The molecule has 5 aromatic rings. The molecule has 0 spiro atoms. The van der Waals surface area contributed by atoms with Crippen LogP contribution in [0.3, 0.4) is 0 Å². The third-order valence-corrected chi connectivity index (χ3v) is 7.46. The van der Waals surface area contributed by atoms with Crippen molar-refractivity contribution in [3.05, 3.63) is 112 Å². The molecule has 2 heterocycles. The molecule has 4 nitrogen and oxygen atoms in total. The molecule has 2 atom stereocenters. The number of ether oxygens (including phenoxy) is 1. The normalized spacial score (nSPS) is 19.1. The summed E-state index contributed by atoms with van der Waals surface area (Å²) in [5, 5.41) is 19.1. The Morgan fingerprint density at radius 1 is 0.943 bits per heavy atom. The van der Waals surface area contributed by atoms with Crippen molar-refractivity contribution in [1.29, 1.82) is 0 Å². The van der Waals surface area contributed by atoms with Gasteiger partial charge in [-0.2, -0.15) is 0 Å². The van der Waals surface area contributed by atoms with E-state index < -0.39 is 5.60 Å². The van der Waals surface area contributed by atoms with E-state index in [2.05, 4.69) is 57.6 Å². The first-order valence-electron chi connectivity index (χ1n) is 11.8. The molecular weight excluding hydrogens is 500 g/mol. The first-order chi connectivity index (χ1) is 17.1. The predicted octanol–water partition coefficient (Wildman–Crippen LogP) is 6.89. The summed E-state index contributed by atoms with van der Waals surface area (Å²) in [5.74, 6) is 0.817. The van der Waals surface area contributed by atoms with Crippen molar-refractivity contribution in [2.24, 2.45) is 0 Å². The van der Waals surface area contributed by atoms with E-state index in [1.807, 2.05) is 61.6 Å². The molecule has 1 aromatic heterocycles. The third kappa shape index (κ3) is 3.80. The molecule has 4 aromatic carbocycles. The first kappa shape index (κ1) is 22.2. The molecule has 5 heteroatoms. The van der Waals surface area contributed by atoms with Crippen LogP contribution in [-0.4, -0.2) is 23.7 Å². The number of aromatic nitrogens is 1. The molecule has 0 saturated heterocycles. The summed E-state index contributed by atoms with van der Waals surface area (Å²) in [6, 6.07) is 30.6. The number of hydrogen-bond acceptors (Lipinski definition) is 4. The molecule has 2 bridgehead atoms. The molecule has 2 N–H and O–H groups in total. The lowest BCUT2D eigenvalue weighted by Crippen LogP contribution is -2.38. The summed E-state index contributed by atoms with van der Waals surface area (Å²) in [6.07, 6.45) is 0.520. The molecule has 1 aliphatic rings. The highest BCUT2D eigenvalue weighted by Crippen LogP contribution is 2.51. The third-order valence-electron chi connectivity index (χ3n) is 6.96. The summed E-state index contributed by atoms with van der Waals surface area (Å²) in [6.45, 7) is 0.654. The van der Waals surface area contributed by atoms with Crippen LogP contribution in [0.2, 0.25) is 0 Å². The summed E-state index contributed by atoms with van der Waals surface area (Å²) >= 11 is 3.60. The quantitative estimate of drug-likeness (QED) is 0.269. The fourth-order valence-electron chi connectivity index (χ4n) is 5.35. The number of hydrogen-bond donors (Lipinski definition) is 2. The fraction of sp³-hybridized carbons (Fsp3) is 0.167. The van der Waals surface area contributed by atoms with E-state index in [1.165, 1.54) is 0 Å². The molecule has 174 valence electrons. The van der Waals surface area contributed by atoms with Crippen molar-refractivity contribution < 1.29 is 9.84 Å². The summed E-state index contributed by atoms with van der Waals surface area (Å²) < 4.78 is 7.47. The van der Waals surface area contributed by atoms with Crippen LogP contribution in [0.25, 0.3) is 21.7 Å². The molecule has 1 aliphatic heterocycles. The second kappa shape index (κ2) is 8.76. The topological polar surface area (TPSA) is 54.4 Å². The highest BCUT2D eigenvalue weighted by Gasteiger charge is 2.44. The Morgan fingerprint density at radius 2 is 1.74 bits per heavy atom. The number of benzene rings is 4. The molecule has 35 heavy (non-hydrogen) atoms. The lowest BCUT2D eigenvalue weighted by Gasteiger charge is -2.40. The fourth-order valence-corrected chi connectivity index (χ4v) is 5.73. The Bertz CT molecular complexity index is 1550. The molecule has 6 rings (SSSR count). The number of halogens is 1. The van der Waals surface area contributed by atoms with Gasteiger partial charge in [-0.3, -0.25) is 0 Å². The zero-order chi connectivity index (χ0) is 24.0. The van der Waals surface area contributed by atoms with Crippen molar-refractivity contribution in [1.82, 2.24) is 10.3 Å². The van der Waals surface area contributed by atoms with Crippen LogP contribution in [-0.2, 0) is 5.60 Å². The molecule has 0 saturated carbocycles. The largest absolute Gasteiger partial charge is 0.439 e. The van der Waals surface area contributed by atoms with Gasteiger partial charge in [0, 0.05) is 21.3 Å². The Balaban J connectivity index is 1.73. The van der Waals surface area contributed by atoms with E-state index in [0.29, 0.717) is 24.6 Å². The molecule has 0 fully saturated rings. The number of pyridine rings is 1. The highest BCUT2D eigenvalue weighted by molar-refractivity contribution is 9.10. The van der Waals surface area contributed by atoms with Gasteiger partial charge in [-0.25, -0.2) is 4.98 Å². The maximum atomic E-state index is 12.8. The van der Waals surface area contributed by atoms with E-state index in [9.17, 15) is 5.11 Å². The second-order valence-corrected chi connectivity index (χ2v) is 10.1. The number of aliphatic hydroxyl groups is 1. The Morgan fingerprint density at radius 3 is 2.57 bits per heavy atom. The van der Waals surface area contributed by atoms with Crippen LogP contribution < -0.4 is 10.1 Å². The van der Waals surface area contributed by atoms with Crippen molar-refractivity contribution in [2.45, 2.75) is 17.9 Å². The Kier molecular flexibility index (Phi) is 5.56. The number of rotatable bonds is 4. The van der Waals surface area contributed by atoms with Gasteiger partial charge in [-0.15, -0.1) is 0 Å². The van der Waals surface area contributed by atoms with Gasteiger partial charge < -0.3 is 15.2 Å². The Hall–Kier alpha value is -3.25. The van der Waals surface area contributed by atoms with E-state index in [4.69, 9.17) is 9.72 Å². The molecule has 0 amide bonds. The van der Waals surface area contributed by atoms with Crippen LogP contribution in [0.15, 0.2) is 95.5 Å². The minimum absolute atomic E-state index is 0.387. The van der Waals surface area contributed by atoms with Crippen molar-refractivity contribution >= 4 is 37.6 Å². The molecular formula is C30H25BrN2O2. The summed E-state index contributed by atoms with van der Waals surface area (Å²) in [5.41, 5.74) is 2.40. The lowest BCUT2D eigenvalue weighted by molar-refractivity contribution is 0.0110. The van der Waals surface area contributed by atoms with Crippen LogP contribution >= 0.6 is 15.9 Å². The summed E-state index contributed by atoms with van der Waals surface area (Å²) in [4.78, 5) is 4.94. The van der Waals surface area contributed by atoms with Gasteiger partial charge in [-0.05, 0) is 78.3 Å². The number of nitrogens with one attached hydrogen (secondary N) is 1. The Labute approximate surface area is 212 Å². The van der Waals surface area contributed by atoms with Gasteiger partial charge in [0.1, 0.15) is 11.4 Å². The standard InChI is InChI=1S/C30H25BrN2O2/c1-32-14-13-30(34)26-18-23(16-20-9-5-6-10-24(20)26)35-29-25(28(30)19-7-3-2-4-8-19)17-21-15-22(31)11-12-27(21)33-29/h2-12,15-18,28,32,34H,13-14H2,1H3/t28-,30+/m1/s1. The maximum absolute atomic E-state index is 12.8. The molecule has 0 unspecified atom stereocenters. The maximum Gasteiger partial charge on any atom is 0.223 e. The van der Waals surface area contributed by atoms with E-state index in [0.717, 1.165) is 42.8 Å². The zero-order valence-electron chi connectivity index (χ0n) is 19.3. The lowest BCUT2D eigenvalue weighted by atomic mass is 9.70. The minimum atomic E-state index is -1.21. The van der Waals surface area contributed by atoms with Gasteiger partial charge in [0.15, 0.2) is 0 Å². The van der Waals surface area contributed by atoms with Gasteiger partial charge in [0.05, 0.1) is 5.52 Å². The van der Waals surface area contributed by atoms with Crippen LogP contribution in [0, 0.1) is 0 Å². The van der Waals surface area contributed by atoms with E-state index >= 15 is 0 Å². The summed E-state index contributed by atoms with van der Waals surface area (Å²) in [7, 11) is 1.92. The SMILES string of the molecule is CNCC[C@]1(O)c2cc(cc3ccccc23)Oc2nc3ccc(Br)cc3cc2[C@H]1c1ccccc1. The monoisotopic (exact) mass is 524 g/mol. The van der Waals surface area contributed by atoms with E-state index in [1.54, 1.807) is 0 Å². The predicted molar refractivity (Wildman–Crippen MR) is 144 cm³/mol.